The number of ketones is 1. The predicted molar refractivity (Wildman–Crippen MR) is 113 cm³/mol. The minimum absolute atomic E-state index is 0.230. The van der Waals surface area contributed by atoms with E-state index in [2.05, 4.69) is 36.1 Å². The molecular weight excluding hydrogens is 350 g/mol. The van der Waals surface area contributed by atoms with Crippen LogP contribution in [0.15, 0.2) is 54.1 Å². The molecule has 1 heterocycles. The van der Waals surface area contributed by atoms with E-state index < -0.39 is 0 Å². The Morgan fingerprint density at radius 1 is 1.04 bits per heavy atom. The van der Waals surface area contributed by atoms with E-state index in [-0.39, 0.29) is 5.78 Å². The fourth-order valence-corrected chi connectivity index (χ4v) is 3.35. The maximum atomic E-state index is 12.5. The van der Waals surface area contributed by atoms with Crippen molar-refractivity contribution in [2.75, 3.05) is 26.3 Å². The van der Waals surface area contributed by atoms with Gasteiger partial charge in [-0.3, -0.25) is 9.69 Å². The average molecular weight is 380 g/mol. The fourth-order valence-electron chi connectivity index (χ4n) is 3.35. The van der Waals surface area contributed by atoms with Crippen LogP contribution in [0.1, 0.15) is 37.8 Å². The summed E-state index contributed by atoms with van der Waals surface area (Å²) in [6.45, 7) is 7.61. The number of ether oxygens (including phenoxy) is 2. The van der Waals surface area contributed by atoms with E-state index in [4.69, 9.17) is 9.47 Å². The Hall–Kier alpha value is -2.59. The summed E-state index contributed by atoms with van der Waals surface area (Å²) in [6.07, 6.45) is 3.50. The van der Waals surface area contributed by atoms with Crippen LogP contribution in [0.5, 0.6) is 11.5 Å². The van der Waals surface area contributed by atoms with Crippen LogP contribution in [-0.2, 0) is 11.3 Å². The monoisotopic (exact) mass is 379 g/mol. The van der Waals surface area contributed by atoms with Crippen molar-refractivity contribution in [3.05, 3.63) is 65.2 Å². The SMILES string of the molecule is CCCOc1ccc(/C=C2\CN(Cc3ccccc3)CCC2=O)cc1OCC. The van der Waals surface area contributed by atoms with Gasteiger partial charge < -0.3 is 9.47 Å². The number of rotatable bonds is 8. The Morgan fingerprint density at radius 2 is 1.86 bits per heavy atom. The third-order valence-electron chi connectivity index (χ3n) is 4.73. The Balaban J connectivity index is 1.76. The summed E-state index contributed by atoms with van der Waals surface area (Å²) in [5.41, 5.74) is 3.09. The molecule has 148 valence electrons. The molecule has 0 unspecified atom stereocenters. The number of piperidine rings is 1. The number of hydrogen-bond acceptors (Lipinski definition) is 4. The number of nitrogens with zero attached hydrogens (tertiary/aromatic N) is 1. The molecule has 4 nitrogen and oxygen atoms in total. The molecule has 3 rings (SSSR count). The predicted octanol–water partition coefficient (Wildman–Crippen LogP) is 4.73. The molecule has 0 spiro atoms. The Bertz CT molecular complexity index is 814. The highest BCUT2D eigenvalue weighted by atomic mass is 16.5. The van der Waals surface area contributed by atoms with Gasteiger partial charge in [-0.2, -0.15) is 0 Å². The number of likely N-dealkylation sites (tertiary alicyclic amines) is 1. The summed E-state index contributed by atoms with van der Waals surface area (Å²) in [4.78, 5) is 14.8. The highest BCUT2D eigenvalue weighted by Crippen LogP contribution is 2.30. The van der Waals surface area contributed by atoms with Gasteiger partial charge >= 0.3 is 0 Å². The van der Waals surface area contributed by atoms with Crippen molar-refractivity contribution in [2.24, 2.45) is 0 Å². The third-order valence-corrected chi connectivity index (χ3v) is 4.73. The summed E-state index contributed by atoms with van der Waals surface area (Å²) in [5, 5.41) is 0. The maximum Gasteiger partial charge on any atom is 0.161 e. The molecule has 28 heavy (non-hydrogen) atoms. The lowest BCUT2D eigenvalue weighted by Crippen LogP contribution is -2.35. The van der Waals surface area contributed by atoms with Gasteiger partial charge in [-0.15, -0.1) is 0 Å². The van der Waals surface area contributed by atoms with Gasteiger partial charge in [0.15, 0.2) is 17.3 Å². The third kappa shape index (κ3) is 5.46. The van der Waals surface area contributed by atoms with E-state index >= 15 is 0 Å². The van der Waals surface area contributed by atoms with Gasteiger partial charge in [-0.25, -0.2) is 0 Å². The van der Waals surface area contributed by atoms with Crippen molar-refractivity contribution in [3.8, 4) is 11.5 Å². The zero-order valence-corrected chi connectivity index (χ0v) is 16.8. The van der Waals surface area contributed by atoms with Crippen LogP contribution >= 0.6 is 0 Å². The first-order chi connectivity index (χ1) is 13.7. The van der Waals surface area contributed by atoms with Gasteiger partial charge in [0.1, 0.15) is 0 Å². The van der Waals surface area contributed by atoms with Crippen molar-refractivity contribution in [1.29, 1.82) is 0 Å². The van der Waals surface area contributed by atoms with Crippen LogP contribution in [0.3, 0.4) is 0 Å². The lowest BCUT2D eigenvalue weighted by Gasteiger charge is -2.28. The topological polar surface area (TPSA) is 38.8 Å². The normalized spacial score (nSPS) is 16.4. The maximum absolute atomic E-state index is 12.5. The van der Waals surface area contributed by atoms with Gasteiger partial charge in [0.05, 0.1) is 13.2 Å². The Kier molecular flexibility index (Phi) is 7.26. The molecule has 0 radical (unpaired) electrons. The standard InChI is InChI=1S/C24H29NO3/c1-3-14-28-23-11-10-20(16-24(23)27-4-2)15-21-18-25(13-12-22(21)26)17-19-8-6-5-7-9-19/h5-11,15-16H,3-4,12-14,17-18H2,1-2H3/b21-15+. The molecule has 0 amide bonds. The van der Waals surface area contributed by atoms with E-state index in [0.29, 0.717) is 26.2 Å². The number of Topliss-reactive ketones (excluding diaryl/α,β-unsaturated/α-hetero) is 1. The second kappa shape index (κ2) is 10.1. The van der Waals surface area contributed by atoms with Gasteiger partial charge in [0.2, 0.25) is 0 Å². The average Bonchev–Trinajstić information content (AvgIpc) is 2.71. The van der Waals surface area contributed by atoms with E-state index in [1.54, 1.807) is 0 Å². The van der Waals surface area contributed by atoms with Crippen LogP contribution in [0.25, 0.3) is 6.08 Å². The smallest absolute Gasteiger partial charge is 0.161 e. The molecule has 1 aliphatic rings. The second-order valence-corrected chi connectivity index (χ2v) is 7.03. The number of benzene rings is 2. The number of carbonyl (C=O) groups excluding carboxylic acids is 1. The first-order valence-corrected chi connectivity index (χ1v) is 10.1. The molecule has 0 aliphatic carbocycles. The molecular formula is C24H29NO3. The molecule has 1 saturated heterocycles. The van der Waals surface area contributed by atoms with Gasteiger partial charge in [-0.05, 0) is 42.7 Å². The summed E-state index contributed by atoms with van der Waals surface area (Å²) in [5.74, 6) is 1.72. The molecule has 0 atom stereocenters. The molecule has 1 aliphatic heterocycles. The largest absolute Gasteiger partial charge is 0.490 e. The van der Waals surface area contributed by atoms with E-state index in [9.17, 15) is 4.79 Å². The molecule has 0 aromatic heterocycles. The summed E-state index contributed by atoms with van der Waals surface area (Å²) < 4.78 is 11.5. The van der Waals surface area contributed by atoms with Crippen LogP contribution in [-0.4, -0.2) is 37.0 Å². The molecule has 1 fully saturated rings. The van der Waals surface area contributed by atoms with Gasteiger partial charge in [-0.1, -0.05) is 43.3 Å². The second-order valence-electron chi connectivity index (χ2n) is 7.03. The molecule has 0 bridgehead atoms. The lowest BCUT2D eigenvalue weighted by atomic mass is 9.99. The number of hydrogen-bond donors (Lipinski definition) is 0. The van der Waals surface area contributed by atoms with Crippen LogP contribution in [0, 0.1) is 0 Å². The minimum atomic E-state index is 0.230. The quantitative estimate of drug-likeness (QED) is 0.622. The molecule has 0 N–H and O–H groups in total. The molecule has 2 aromatic carbocycles. The van der Waals surface area contributed by atoms with E-state index in [1.807, 2.05) is 37.3 Å². The zero-order valence-electron chi connectivity index (χ0n) is 16.8. The molecule has 2 aromatic rings. The van der Waals surface area contributed by atoms with Gasteiger partial charge in [0, 0.05) is 31.6 Å². The fraction of sp³-hybridized carbons (Fsp3) is 0.375. The summed E-state index contributed by atoms with van der Waals surface area (Å²) >= 11 is 0. The van der Waals surface area contributed by atoms with Crippen molar-refractivity contribution in [1.82, 2.24) is 4.90 Å². The molecule has 0 saturated carbocycles. The van der Waals surface area contributed by atoms with Gasteiger partial charge in [0.25, 0.3) is 0 Å². The highest BCUT2D eigenvalue weighted by Gasteiger charge is 2.21. The highest BCUT2D eigenvalue weighted by molar-refractivity contribution is 6.00. The Morgan fingerprint density at radius 3 is 2.61 bits per heavy atom. The minimum Gasteiger partial charge on any atom is -0.490 e. The summed E-state index contributed by atoms with van der Waals surface area (Å²) in [7, 11) is 0. The van der Waals surface area contributed by atoms with Crippen LogP contribution < -0.4 is 9.47 Å². The first-order valence-electron chi connectivity index (χ1n) is 10.1. The van der Waals surface area contributed by atoms with Crippen molar-refractivity contribution in [2.45, 2.75) is 33.2 Å². The van der Waals surface area contributed by atoms with E-state index in [1.165, 1.54) is 5.56 Å². The summed E-state index contributed by atoms with van der Waals surface area (Å²) in [6, 6.07) is 16.3. The zero-order chi connectivity index (χ0) is 19.8. The van der Waals surface area contributed by atoms with E-state index in [0.717, 1.165) is 42.1 Å². The molecule has 4 heteroatoms. The number of carbonyl (C=O) groups is 1. The van der Waals surface area contributed by atoms with Crippen molar-refractivity contribution >= 4 is 11.9 Å². The van der Waals surface area contributed by atoms with Crippen LogP contribution in [0.2, 0.25) is 0 Å². The van der Waals surface area contributed by atoms with Crippen molar-refractivity contribution < 1.29 is 14.3 Å². The lowest BCUT2D eigenvalue weighted by molar-refractivity contribution is -0.117. The Labute approximate surface area is 167 Å². The first kappa shape index (κ1) is 20.2. The van der Waals surface area contributed by atoms with Crippen LogP contribution in [0.4, 0.5) is 0 Å². The van der Waals surface area contributed by atoms with Crippen molar-refractivity contribution in [3.63, 3.8) is 0 Å².